The van der Waals surface area contributed by atoms with Crippen LogP contribution >= 0.6 is 0 Å². The molecule has 2 N–H and O–H groups in total. The van der Waals surface area contributed by atoms with Crippen molar-refractivity contribution in [1.29, 1.82) is 0 Å². The van der Waals surface area contributed by atoms with Crippen molar-refractivity contribution in [2.75, 3.05) is 6.54 Å². The van der Waals surface area contributed by atoms with Gasteiger partial charge in [-0.15, -0.1) is 0 Å². The third-order valence-corrected chi connectivity index (χ3v) is 3.55. The van der Waals surface area contributed by atoms with Gasteiger partial charge >= 0.3 is 0 Å². The van der Waals surface area contributed by atoms with Crippen LogP contribution in [0.15, 0.2) is 53.1 Å². The number of benzene rings is 2. The Morgan fingerprint density at radius 2 is 1.77 bits per heavy atom. The molecule has 0 saturated heterocycles. The van der Waals surface area contributed by atoms with E-state index in [2.05, 4.69) is 5.32 Å². The lowest BCUT2D eigenvalue weighted by atomic mass is 10.1. The molecule has 0 radical (unpaired) electrons. The van der Waals surface area contributed by atoms with Crippen LogP contribution in [0.1, 0.15) is 17.2 Å². The van der Waals surface area contributed by atoms with Crippen molar-refractivity contribution in [1.82, 2.24) is 5.32 Å². The number of hydrogen-bond acceptors (Lipinski definition) is 3. The minimum atomic E-state index is -1.25. The number of fused-ring (bicyclic) bond motifs is 1. The second kappa shape index (κ2) is 6.25. The van der Waals surface area contributed by atoms with E-state index in [-0.39, 0.29) is 12.1 Å². The molecule has 114 valence electrons. The topological polar surface area (TPSA) is 45.4 Å². The predicted molar refractivity (Wildman–Crippen MR) is 79.2 cm³/mol. The van der Waals surface area contributed by atoms with Crippen LogP contribution in [0.3, 0.4) is 0 Å². The highest BCUT2D eigenvalue weighted by atomic mass is 19.1. The number of hydrogen-bond donors (Lipinski definition) is 2. The van der Waals surface area contributed by atoms with Gasteiger partial charge in [-0.2, -0.15) is 0 Å². The van der Waals surface area contributed by atoms with E-state index in [1.807, 2.05) is 24.3 Å². The van der Waals surface area contributed by atoms with Crippen molar-refractivity contribution in [3.63, 3.8) is 0 Å². The summed E-state index contributed by atoms with van der Waals surface area (Å²) < 4.78 is 32.5. The summed E-state index contributed by atoms with van der Waals surface area (Å²) in [5, 5.41) is 13.9. The monoisotopic (exact) mass is 303 g/mol. The molecular weight excluding hydrogens is 288 g/mol. The standard InChI is InChI=1S/C17H15F2NO2/c18-13-5-3-6-14(19)17(13)15(21)9-20-8-11-10-22-16-7-2-1-4-12(11)16/h1-7,10,15,20-21H,8-9H2. The van der Waals surface area contributed by atoms with Crippen molar-refractivity contribution >= 4 is 11.0 Å². The van der Waals surface area contributed by atoms with Crippen molar-refractivity contribution in [2.24, 2.45) is 0 Å². The molecule has 3 rings (SSSR count). The Labute approximate surface area is 126 Å². The zero-order valence-corrected chi connectivity index (χ0v) is 11.7. The van der Waals surface area contributed by atoms with Gasteiger partial charge in [-0.3, -0.25) is 0 Å². The quantitative estimate of drug-likeness (QED) is 0.758. The second-order valence-corrected chi connectivity index (χ2v) is 5.04. The molecule has 1 atom stereocenters. The van der Waals surface area contributed by atoms with Gasteiger partial charge in [0.25, 0.3) is 0 Å². The Bertz CT molecular complexity index is 765. The Hall–Kier alpha value is -2.24. The van der Waals surface area contributed by atoms with Gasteiger partial charge in [-0.05, 0) is 18.2 Å². The van der Waals surface area contributed by atoms with Crippen LogP contribution in [0.4, 0.5) is 8.78 Å². The van der Waals surface area contributed by atoms with Crippen LogP contribution in [-0.4, -0.2) is 11.7 Å². The van der Waals surface area contributed by atoms with Crippen LogP contribution in [0.2, 0.25) is 0 Å². The van der Waals surface area contributed by atoms with E-state index in [4.69, 9.17) is 4.42 Å². The van der Waals surface area contributed by atoms with Crippen LogP contribution in [0.25, 0.3) is 11.0 Å². The lowest BCUT2D eigenvalue weighted by molar-refractivity contribution is 0.164. The van der Waals surface area contributed by atoms with Gasteiger partial charge in [0.2, 0.25) is 0 Å². The smallest absolute Gasteiger partial charge is 0.134 e. The Kier molecular flexibility index (Phi) is 4.18. The fourth-order valence-electron chi connectivity index (χ4n) is 2.44. The molecule has 0 aliphatic heterocycles. The molecule has 3 aromatic rings. The van der Waals surface area contributed by atoms with E-state index >= 15 is 0 Å². The SMILES string of the molecule is OC(CNCc1coc2ccccc12)c1c(F)cccc1F. The number of aliphatic hydroxyl groups excluding tert-OH is 1. The summed E-state index contributed by atoms with van der Waals surface area (Å²) in [6.45, 7) is 0.474. The zero-order valence-electron chi connectivity index (χ0n) is 11.7. The molecule has 1 aromatic heterocycles. The van der Waals surface area contributed by atoms with E-state index in [0.29, 0.717) is 6.54 Å². The first-order chi connectivity index (χ1) is 10.7. The zero-order chi connectivity index (χ0) is 15.5. The molecule has 5 heteroatoms. The number of furan rings is 1. The summed E-state index contributed by atoms with van der Waals surface area (Å²) in [5.41, 5.74) is 1.39. The normalized spacial score (nSPS) is 12.7. The number of aliphatic hydroxyl groups is 1. The van der Waals surface area contributed by atoms with Crippen LogP contribution < -0.4 is 5.32 Å². The molecule has 2 aromatic carbocycles. The van der Waals surface area contributed by atoms with Crippen LogP contribution in [0.5, 0.6) is 0 Å². The third kappa shape index (κ3) is 2.86. The van der Waals surface area contributed by atoms with Crippen LogP contribution in [-0.2, 0) is 6.54 Å². The van der Waals surface area contributed by atoms with Gasteiger partial charge in [0.15, 0.2) is 0 Å². The molecule has 0 aliphatic carbocycles. The highest BCUT2D eigenvalue weighted by Crippen LogP contribution is 2.22. The van der Waals surface area contributed by atoms with Crippen molar-refractivity contribution in [3.05, 3.63) is 71.5 Å². The maximum Gasteiger partial charge on any atom is 0.134 e. The molecule has 0 bridgehead atoms. The average molecular weight is 303 g/mol. The van der Waals surface area contributed by atoms with Crippen molar-refractivity contribution in [3.8, 4) is 0 Å². The fourth-order valence-corrected chi connectivity index (χ4v) is 2.44. The Morgan fingerprint density at radius 3 is 2.55 bits per heavy atom. The minimum Gasteiger partial charge on any atom is -0.464 e. The third-order valence-electron chi connectivity index (χ3n) is 3.55. The Balaban J connectivity index is 1.66. The average Bonchev–Trinajstić information content (AvgIpc) is 2.91. The van der Waals surface area contributed by atoms with E-state index in [1.54, 1.807) is 6.26 Å². The highest BCUT2D eigenvalue weighted by molar-refractivity contribution is 5.80. The number of para-hydroxylation sites is 1. The van der Waals surface area contributed by atoms with Crippen LogP contribution in [0, 0.1) is 11.6 Å². The summed E-state index contributed by atoms with van der Waals surface area (Å²) in [5.74, 6) is -1.49. The molecule has 0 saturated carbocycles. The molecule has 0 amide bonds. The molecule has 1 unspecified atom stereocenters. The first kappa shape index (κ1) is 14.7. The molecule has 1 heterocycles. The summed E-state index contributed by atoms with van der Waals surface area (Å²) in [7, 11) is 0. The van der Waals surface area contributed by atoms with Gasteiger partial charge in [0.05, 0.1) is 17.9 Å². The first-order valence-electron chi connectivity index (χ1n) is 6.94. The van der Waals surface area contributed by atoms with E-state index < -0.39 is 17.7 Å². The molecule has 3 nitrogen and oxygen atoms in total. The van der Waals surface area contributed by atoms with Gasteiger partial charge in [-0.25, -0.2) is 8.78 Å². The van der Waals surface area contributed by atoms with Gasteiger partial charge in [-0.1, -0.05) is 24.3 Å². The van der Waals surface area contributed by atoms with Gasteiger partial charge < -0.3 is 14.8 Å². The van der Waals surface area contributed by atoms with Gasteiger partial charge in [0, 0.05) is 24.0 Å². The molecular formula is C17H15F2NO2. The lowest BCUT2D eigenvalue weighted by Gasteiger charge is -2.13. The van der Waals surface area contributed by atoms with Gasteiger partial charge in [0.1, 0.15) is 17.2 Å². The molecule has 0 aliphatic rings. The maximum atomic E-state index is 13.6. The summed E-state index contributed by atoms with van der Waals surface area (Å²) in [6, 6.07) is 11.1. The molecule has 0 spiro atoms. The number of nitrogens with one attached hydrogen (secondary N) is 1. The fraction of sp³-hybridized carbons (Fsp3) is 0.176. The lowest BCUT2D eigenvalue weighted by Crippen LogP contribution is -2.22. The summed E-state index contributed by atoms with van der Waals surface area (Å²) in [4.78, 5) is 0. The maximum absolute atomic E-state index is 13.6. The number of rotatable bonds is 5. The van der Waals surface area contributed by atoms with Crippen molar-refractivity contribution in [2.45, 2.75) is 12.6 Å². The number of halogens is 2. The summed E-state index contributed by atoms with van der Waals surface area (Å²) in [6.07, 6.45) is 0.382. The highest BCUT2D eigenvalue weighted by Gasteiger charge is 2.17. The first-order valence-corrected chi connectivity index (χ1v) is 6.94. The van der Waals surface area contributed by atoms with E-state index in [0.717, 1.165) is 28.7 Å². The van der Waals surface area contributed by atoms with Crippen molar-refractivity contribution < 1.29 is 18.3 Å². The molecule has 0 fully saturated rings. The summed E-state index contributed by atoms with van der Waals surface area (Å²) >= 11 is 0. The molecule has 22 heavy (non-hydrogen) atoms. The van der Waals surface area contributed by atoms with E-state index in [9.17, 15) is 13.9 Å². The predicted octanol–water partition coefficient (Wildman–Crippen LogP) is 3.53. The largest absolute Gasteiger partial charge is 0.464 e. The second-order valence-electron chi connectivity index (χ2n) is 5.04. The Morgan fingerprint density at radius 1 is 1.05 bits per heavy atom. The van der Waals surface area contributed by atoms with E-state index in [1.165, 1.54) is 6.07 Å². The minimum absolute atomic E-state index is 0.0390.